The predicted molar refractivity (Wildman–Crippen MR) is 117 cm³/mol. The molecule has 1 amide bonds. The summed E-state index contributed by atoms with van der Waals surface area (Å²) >= 11 is 12.0. The summed E-state index contributed by atoms with van der Waals surface area (Å²) in [6.45, 7) is 0.882. The number of carbonyl (C=O) groups is 1. The molecule has 0 aliphatic rings. The van der Waals surface area contributed by atoms with Crippen LogP contribution >= 0.6 is 23.2 Å². The van der Waals surface area contributed by atoms with Crippen molar-refractivity contribution < 1.29 is 14.3 Å². The van der Waals surface area contributed by atoms with Gasteiger partial charge < -0.3 is 20.1 Å². The van der Waals surface area contributed by atoms with Crippen LogP contribution in [0.1, 0.15) is 0 Å². The molecule has 7 heteroatoms. The minimum absolute atomic E-state index is 0.0668. The van der Waals surface area contributed by atoms with Gasteiger partial charge in [-0.15, -0.1) is 0 Å². The summed E-state index contributed by atoms with van der Waals surface area (Å²) in [6.07, 6.45) is 0. The fourth-order valence-corrected chi connectivity index (χ4v) is 2.99. The lowest BCUT2D eigenvalue weighted by Gasteiger charge is -2.11. The van der Waals surface area contributed by atoms with Gasteiger partial charge in [0.25, 0.3) is 0 Å². The molecule has 0 saturated carbocycles. The molecule has 0 aliphatic carbocycles. The first-order valence-corrected chi connectivity index (χ1v) is 9.75. The van der Waals surface area contributed by atoms with Crippen LogP contribution in [0.5, 0.6) is 11.5 Å². The molecule has 2 N–H and O–H groups in total. The zero-order valence-corrected chi connectivity index (χ0v) is 17.0. The monoisotopic (exact) mass is 430 g/mol. The van der Waals surface area contributed by atoms with Gasteiger partial charge in [-0.3, -0.25) is 4.79 Å². The SMILES string of the molecule is O=C(CNc1ccc(Cl)cc1Cl)Nc1cccc(OCCOc2ccccc2)c1. The molecule has 5 nitrogen and oxygen atoms in total. The van der Waals surface area contributed by atoms with Crippen molar-refractivity contribution in [3.8, 4) is 11.5 Å². The fraction of sp³-hybridized carbons (Fsp3) is 0.136. The lowest BCUT2D eigenvalue weighted by Crippen LogP contribution is -2.21. The van der Waals surface area contributed by atoms with Crippen molar-refractivity contribution in [3.63, 3.8) is 0 Å². The molecule has 0 atom stereocenters. The minimum atomic E-state index is -0.208. The number of nitrogens with one attached hydrogen (secondary N) is 2. The van der Waals surface area contributed by atoms with E-state index in [2.05, 4.69) is 10.6 Å². The Balaban J connectivity index is 1.44. The van der Waals surface area contributed by atoms with Gasteiger partial charge >= 0.3 is 0 Å². The van der Waals surface area contributed by atoms with E-state index in [1.54, 1.807) is 30.3 Å². The Bertz CT molecular complexity index is 952. The Morgan fingerprint density at radius 2 is 1.55 bits per heavy atom. The number of amides is 1. The highest BCUT2D eigenvalue weighted by molar-refractivity contribution is 6.36. The third-order valence-electron chi connectivity index (χ3n) is 3.85. The van der Waals surface area contributed by atoms with Gasteiger partial charge in [-0.05, 0) is 42.5 Å². The summed E-state index contributed by atoms with van der Waals surface area (Å²) in [5, 5.41) is 6.79. The molecule has 0 unspecified atom stereocenters. The zero-order chi connectivity index (χ0) is 20.5. The molecule has 0 aliphatic heterocycles. The van der Waals surface area contributed by atoms with Gasteiger partial charge in [-0.25, -0.2) is 0 Å². The van der Waals surface area contributed by atoms with E-state index < -0.39 is 0 Å². The molecule has 0 radical (unpaired) electrons. The van der Waals surface area contributed by atoms with Crippen LogP contribution in [0.25, 0.3) is 0 Å². The van der Waals surface area contributed by atoms with Gasteiger partial charge in [0, 0.05) is 16.8 Å². The molecule has 3 aromatic carbocycles. The number of para-hydroxylation sites is 1. The molecule has 3 aromatic rings. The van der Waals surface area contributed by atoms with Crippen LogP contribution in [0.15, 0.2) is 72.8 Å². The predicted octanol–water partition coefficient (Wildman–Crippen LogP) is 5.50. The largest absolute Gasteiger partial charge is 0.490 e. The highest BCUT2D eigenvalue weighted by Crippen LogP contribution is 2.25. The second-order valence-electron chi connectivity index (χ2n) is 6.06. The number of hydrogen-bond donors (Lipinski definition) is 2. The van der Waals surface area contributed by atoms with Crippen molar-refractivity contribution in [2.24, 2.45) is 0 Å². The number of benzene rings is 3. The molecule has 29 heavy (non-hydrogen) atoms. The van der Waals surface area contributed by atoms with Crippen molar-refractivity contribution in [2.75, 3.05) is 30.4 Å². The molecular formula is C22H20Cl2N2O3. The highest BCUT2D eigenvalue weighted by atomic mass is 35.5. The quantitative estimate of drug-likeness (QED) is 0.439. The van der Waals surface area contributed by atoms with E-state index in [1.807, 2.05) is 42.5 Å². The van der Waals surface area contributed by atoms with Crippen LogP contribution in [0.4, 0.5) is 11.4 Å². The molecule has 3 rings (SSSR count). The summed E-state index contributed by atoms with van der Waals surface area (Å²) in [5.74, 6) is 1.24. The topological polar surface area (TPSA) is 59.6 Å². The van der Waals surface area contributed by atoms with E-state index in [-0.39, 0.29) is 12.5 Å². The molecule has 0 saturated heterocycles. The first-order valence-electron chi connectivity index (χ1n) is 8.99. The average Bonchev–Trinajstić information content (AvgIpc) is 2.72. The van der Waals surface area contributed by atoms with Gasteiger partial charge in [-0.2, -0.15) is 0 Å². The van der Waals surface area contributed by atoms with Crippen molar-refractivity contribution in [1.82, 2.24) is 0 Å². The highest BCUT2D eigenvalue weighted by Gasteiger charge is 2.06. The number of ether oxygens (including phenoxy) is 2. The van der Waals surface area contributed by atoms with Crippen molar-refractivity contribution in [2.45, 2.75) is 0 Å². The Morgan fingerprint density at radius 3 is 2.31 bits per heavy atom. The number of carbonyl (C=O) groups excluding carboxylic acids is 1. The van der Waals surface area contributed by atoms with Crippen molar-refractivity contribution in [1.29, 1.82) is 0 Å². The van der Waals surface area contributed by atoms with E-state index in [0.717, 1.165) is 5.75 Å². The first-order chi connectivity index (χ1) is 14.1. The second kappa shape index (κ2) is 10.6. The van der Waals surface area contributed by atoms with Crippen LogP contribution < -0.4 is 20.1 Å². The third kappa shape index (κ3) is 6.89. The number of hydrogen-bond acceptors (Lipinski definition) is 4. The number of rotatable bonds is 9. The third-order valence-corrected chi connectivity index (χ3v) is 4.40. The van der Waals surface area contributed by atoms with Crippen molar-refractivity contribution in [3.05, 3.63) is 82.8 Å². The van der Waals surface area contributed by atoms with E-state index in [9.17, 15) is 4.79 Å². The lowest BCUT2D eigenvalue weighted by atomic mass is 10.3. The lowest BCUT2D eigenvalue weighted by molar-refractivity contribution is -0.114. The number of halogens is 2. The standard InChI is InChI=1S/C22H20Cl2N2O3/c23-16-9-10-21(20(24)13-16)25-15-22(27)26-17-5-4-8-19(14-17)29-12-11-28-18-6-2-1-3-7-18/h1-10,13-14,25H,11-12,15H2,(H,26,27). The van der Waals surface area contributed by atoms with Crippen LogP contribution in [0.3, 0.4) is 0 Å². The molecular weight excluding hydrogens is 411 g/mol. The molecule has 0 fully saturated rings. The molecule has 0 bridgehead atoms. The smallest absolute Gasteiger partial charge is 0.243 e. The molecule has 0 spiro atoms. The van der Waals surface area contributed by atoms with E-state index in [0.29, 0.717) is 40.4 Å². The second-order valence-corrected chi connectivity index (χ2v) is 6.91. The fourth-order valence-electron chi connectivity index (χ4n) is 2.51. The summed E-state index contributed by atoms with van der Waals surface area (Å²) in [5.41, 5.74) is 1.28. The maximum atomic E-state index is 12.2. The van der Waals surface area contributed by atoms with Gasteiger partial charge in [-0.1, -0.05) is 47.5 Å². The Hall–Kier alpha value is -2.89. The zero-order valence-electron chi connectivity index (χ0n) is 15.5. The van der Waals surface area contributed by atoms with Gasteiger partial charge in [0.2, 0.25) is 5.91 Å². The molecule has 0 aromatic heterocycles. The normalized spacial score (nSPS) is 10.3. The molecule has 0 heterocycles. The van der Waals surface area contributed by atoms with Gasteiger partial charge in [0.1, 0.15) is 24.7 Å². The molecule has 150 valence electrons. The van der Waals surface area contributed by atoms with E-state index in [4.69, 9.17) is 32.7 Å². The Kier molecular flexibility index (Phi) is 7.61. The minimum Gasteiger partial charge on any atom is -0.490 e. The van der Waals surface area contributed by atoms with E-state index in [1.165, 1.54) is 0 Å². The summed E-state index contributed by atoms with van der Waals surface area (Å²) in [6, 6.07) is 21.8. The van der Waals surface area contributed by atoms with Gasteiger partial charge in [0.05, 0.1) is 17.3 Å². The number of anilines is 2. The Morgan fingerprint density at radius 1 is 0.828 bits per heavy atom. The van der Waals surface area contributed by atoms with Crippen LogP contribution in [-0.2, 0) is 4.79 Å². The first kappa shape index (κ1) is 20.8. The van der Waals surface area contributed by atoms with Gasteiger partial charge in [0.15, 0.2) is 0 Å². The summed E-state index contributed by atoms with van der Waals surface area (Å²) in [4.78, 5) is 12.2. The van der Waals surface area contributed by atoms with Crippen LogP contribution in [0.2, 0.25) is 10.0 Å². The summed E-state index contributed by atoms with van der Waals surface area (Å²) in [7, 11) is 0. The summed E-state index contributed by atoms with van der Waals surface area (Å²) < 4.78 is 11.3. The van der Waals surface area contributed by atoms with E-state index >= 15 is 0 Å². The maximum absolute atomic E-state index is 12.2. The Labute approximate surface area is 179 Å². The van der Waals surface area contributed by atoms with Crippen LogP contribution in [0, 0.1) is 0 Å². The van der Waals surface area contributed by atoms with Crippen LogP contribution in [-0.4, -0.2) is 25.7 Å². The van der Waals surface area contributed by atoms with Crippen molar-refractivity contribution >= 4 is 40.5 Å². The average molecular weight is 431 g/mol. The maximum Gasteiger partial charge on any atom is 0.243 e.